The van der Waals surface area contributed by atoms with Gasteiger partial charge in [0.15, 0.2) is 0 Å². The maximum Gasteiger partial charge on any atom is 0.219 e. The maximum atomic E-state index is 11.2. The van der Waals surface area contributed by atoms with E-state index >= 15 is 0 Å². The molecule has 2 rings (SSSR count). The number of methoxy groups -OCH3 is 1. The molecule has 86 valence electrons. The van der Waals surface area contributed by atoms with Crippen molar-refractivity contribution in [2.45, 2.75) is 19.3 Å². The molecule has 1 saturated heterocycles. The van der Waals surface area contributed by atoms with Crippen LogP contribution in [0.1, 0.15) is 24.8 Å². The maximum absolute atomic E-state index is 11.2. The lowest BCUT2D eigenvalue weighted by Crippen LogP contribution is -2.25. The first kappa shape index (κ1) is 11.0. The highest BCUT2D eigenvalue weighted by molar-refractivity contribution is 5.73. The van der Waals surface area contributed by atoms with E-state index in [1.165, 1.54) is 5.56 Å². The van der Waals surface area contributed by atoms with Gasteiger partial charge in [-0.2, -0.15) is 0 Å². The largest absolute Gasteiger partial charge is 0.497 e. The van der Waals surface area contributed by atoms with Crippen molar-refractivity contribution in [3.05, 3.63) is 29.8 Å². The lowest BCUT2D eigenvalue weighted by Gasteiger charge is -2.14. The van der Waals surface area contributed by atoms with Gasteiger partial charge in [-0.05, 0) is 24.1 Å². The quantitative estimate of drug-likeness (QED) is 0.761. The molecule has 1 amide bonds. The van der Waals surface area contributed by atoms with Crippen molar-refractivity contribution in [2.75, 3.05) is 20.2 Å². The van der Waals surface area contributed by atoms with Crippen molar-refractivity contribution in [3.8, 4) is 5.75 Å². The van der Waals surface area contributed by atoms with Gasteiger partial charge >= 0.3 is 0 Å². The molecule has 16 heavy (non-hydrogen) atoms. The molecule has 0 spiro atoms. The van der Waals surface area contributed by atoms with E-state index in [9.17, 15) is 4.79 Å². The Morgan fingerprint density at radius 3 is 2.94 bits per heavy atom. The van der Waals surface area contributed by atoms with E-state index in [1.807, 2.05) is 17.0 Å². The molecular formula is C13H17NO2. The van der Waals surface area contributed by atoms with Crippen molar-refractivity contribution < 1.29 is 9.53 Å². The fraction of sp³-hybridized carbons (Fsp3) is 0.462. The van der Waals surface area contributed by atoms with E-state index in [0.717, 1.165) is 25.3 Å². The molecule has 3 nitrogen and oxygen atoms in total. The zero-order chi connectivity index (χ0) is 11.5. The minimum absolute atomic E-state index is 0.172. The Morgan fingerprint density at radius 2 is 2.31 bits per heavy atom. The molecule has 1 aromatic rings. The van der Waals surface area contributed by atoms with E-state index < -0.39 is 0 Å². The summed E-state index contributed by atoms with van der Waals surface area (Å²) in [4.78, 5) is 13.2. The average molecular weight is 219 g/mol. The highest BCUT2D eigenvalue weighted by atomic mass is 16.5. The van der Waals surface area contributed by atoms with Crippen molar-refractivity contribution in [1.29, 1.82) is 0 Å². The standard InChI is InChI=1S/C13H17NO2/c1-10(15)14-7-6-12(9-14)11-4-3-5-13(8-11)16-2/h3-5,8,12H,6-7,9H2,1-2H3. The topological polar surface area (TPSA) is 29.5 Å². The molecule has 1 atom stereocenters. The van der Waals surface area contributed by atoms with Gasteiger partial charge in [-0.15, -0.1) is 0 Å². The van der Waals surface area contributed by atoms with Gasteiger partial charge in [0.2, 0.25) is 5.91 Å². The number of hydrogen-bond acceptors (Lipinski definition) is 2. The lowest BCUT2D eigenvalue weighted by molar-refractivity contribution is -0.127. The molecule has 1 heterocycles. The van der Waals surface area contributed by atoms with Crippen LogP contribution >= 0.6 is 0 Å². The summed E-state index contributed by atoms with van der Waals surface area (Å²) in [7, 11) is 1.68. The summed E-state index contributed by atoms with van der Waals surface area (Å²) in [5, 5.41) is 0. The summed E-state index contributed by atoms with van der Waals surface area (Å²) in [5.74, 6) is 1.52. The average Bonchev–Trinajstić information content (AvgIpc) is 2.78. The fourth-order valence-electron chi connectivity index (χ4n) is 2.21. The second-order valence-electron chi connectivity index (χ2n) is 4.23. The first-order valence-electron chi connectivity index (χ1n) is 5.60. The molecule has 3 heteroatoms. The van der Waals surface area contributed by atoms with Gasteiger partial charge in [-0.25, -0.2) is 0 Å². The van der Waals surface area contributed by atoms with Gasteiger partial charge in [0.1, 0.15) is 5.75 Å². The number of hydrogen-bond donors (Lipinski definition) is 0. The Bertz CT molecular complexity index is 389. The molecule has 0 bridgehead atoms. The van der Waals surface area contributed by atoms with Gasteiger partial charge < -0.3 is 9.64 Å². The van der Waals surface area contributed by atoms with Crippen LogP contribution in [0.15, 0.2) is 24.3 Å². The second-order valence-corrected chi connectivity index (χ2v) is 4.23. The SMILES string of the molecule is COc1cccc(C2CCN(C(C)=O)C2)c1. The Morgan fingerprint density at radius 1 is 1.50 bits per heavy atom. The predicted octanol–water partition coefficient (Wildman–Crippen LogP) is 2.03. The van der Waals surface area contributed by atoms with Crippen LogP contribution < -0.4 is 4.74 Å². The number of ether oxygens (including phenoxy) is 1. The van der Waals surface area contributed by atoms with Crippen molar-refractivity contribution in [2.24, 2.45) is 0 Å². The summed E-state index contributed by atoms with van der Waals surface area (Å²) >= 11 is 0. The molecular weight excluding hydrogens is 202 g/mol. The van der Waals surface area contributed by atoms with Crippen LogP contribution in [0.5, 0.6) is 5.75 Å². The van der Waals surface area contributed by atoms with E-state index in [2.05, 4.69) is 12.1 Å². The molecule has 0 aliphatic carbocycles. The Hall–Kier alpha value is -1.51. The molecule has 0 saturated carbocycles. The zero-order valence-corrected chi connectivity index (χ0v) is 9.77. The molecule has 0 N–H and O–H groups in total. The number of benzene rings is 1. The van der Waals surface area contributed by atoms with Crippen LogP contribution in [-0.2, 0) is 4.79 Å². The molecule has 0 aromatic heterocycles. The summed E-state index contributed by atoms with van der Waals surface area (Å²) in [5.41, 5.74) is 1.27. The van der Waals surface area contributed by atoms with E-state index in [-0.39, 0.29) is 5.91 Å². The summed E-state index contributed by atoms with van der Waals surface area (Å²) in [6.07, 6.45) is 1.05. The number of likely N-dealkylation sites (tertiary alicyclic amines) is 1. The van der Waals surface area contributed by atoms with E-state index in [1.54, 1.807) is 14.0 Å². The number of amides is 1. The highest BCUT2D eigenvalue weighted by Crippen LogP contribution is 2.29. The van der Waals surface area contributed by atoms with Crippen LogP contribution in [0, 0.1) is 0 Å². The number of rotatable bonds is 2. The smallest absolute Gasteiger partial charge is 0.219 e. The van der Waals surface area contributed by atoms with Gasteiger partial charge in [-0.1, -0.05) is 12.1 Å². The molecule has 1 unspecified atom stereocenters. The third kappa shape index (κ3) is 2.18. The zero-order valence-electron chi connectivity index (χ0n) is 9.77. The lowest BCUT2D eigenvalue weighted by atomic mass is 9.98. The Balaban J connectivity index is 2.11. The Kier molecular flexibility index (Phi) is 3.13. The molecule has 1 aliphatic rings. The first-order valence-corrected chi connectivity index (χ1v) is 5.60. The van der Waals surface area contributed by atoms with Gasteiger partial charge in [0.05, 0.1) is 7.11 Å². The van der Waals surface area contributed by atoms with Crippen LogP contribution in [0.25, 0.3) is 0 Å². The van der Waals surface area contributed by atoms with Gasteiger partial charge in [0, 0.05) is 25.9 Å². The molecule has 1 fully saturated rings. The fourth-order valence-corrected chi connectivity index (χ4v) is 2.21. The third-order valence-electron chi connectivity index (χ3n) is 3.20. The van der Waals surface area contributed by atoms with E-state index in [0.29, 0.717) is 5.92 Å². The molecule has 0 radical (unpaired) electrons. The number of nitrogens with zero attached hydrogens (tertiary/aromatic N) is 1. The molecule has 1 aromatic carbocycles. The van der Waals surface area contributed by atoms with Crippen molar-refractivity contribution in [1.82, 2.24) is 4.90 Å². The number of carbonyl (C=O) groups excluding carboxylic acids is 1. The number of carbonyl (C=O) groups is 1. The van der Waals surface area contributed by atoms with Crippen molar-refractivity contribution in [3.63, 3.8) is 0 Å². The second kappa shape index (κ2) is 4.56. The molecule has 1 aliphatic heterocycles. The monoisotopic (exact) mass is 219 g/mol. The van der Waals surface area contributed by atoms with Gasteiger partial charge in [0.25, 0.3) is 0 Å². The highest BCUT2D eigenvalue weighted by Gasteiger charge is 2.25. The predicted molar refractivity (Wildman–Crippen MR) is 62.6 cm³/mol. The normalized spacial score (nSPS) is 19.9. The van der Waals surface area contributed by atoms with Crippen LogP contribution in [0.4, 0.5) is 0 Å². The van der Waals surface area contributed by atoms with Crippen molar-refractivity contribution >= 4 is 5.91 Å². The van der Waals surface area contributed by atoms with E-state index in [4.69, 9.17) is 4.74 Å². The summed E-state index contributed by atoms with van der Waals surface area (Å²) < 4.78 is 5.21. The minimum Gasteiger partial charge on any atom is -0.497 e. The minimum atomic E-state index is 0.172. The first-order chi connectivity index (χ1) is 7.70. The summed E-state index contributed by atoms with van der Waals surface area (Å²) in [6.45, 7) is 3.34. The van der Waals surface area contributed by atoms with Crippen LogP contribution in [-0.4, -0.2) is 31.0 Å². The van der Waals surface area contributed by atoms with Crippen LogP contribution in [0.2, 0.25) is 0 Å². The van der Waals surface area contributed by atoms with Gasteiger partial charge in [-0.3, -0.25) is 4.79 Å². The summed E-state index contributed by atoms with van der Waals surface area (Å²) in [6, 6.07) is 8.12. The van der Waals surface area contributed by atoms with Crippen LogP contribution in [0.3, 0.4) is 0 Å². The third-order valence-corrected chi connectivity index (χ3v) is 3.20. The Labute approximate surface area is 96.0 Å².